The van der Waals surface area contributed by atoms with Crippen molar-refractivity contribution in [1.29, 1.82) is 0 Å². The van der Waals surface area contributed by atoms with Crippen LogP contribution in [0.15, 0.2) is 18.2 Å². The molecule has 0 unspecified atom stereocenters. The summed E-state index contributed by atoms with van der Waals surface area (Å²) in [6.45, 7) is 4.10. The molecular weight excluding hydrogens is 239 g/mol. The summed E-state index contributed by atoms with van der Waals surface area (Å²) in [6.07, 6.45) is 0.656. The van der Waals surface area contributed by atoms with Crippen molar-refractivity contribution in [3.63, 3.8) is 0 Å². The van der Waals surface area contributed by atoms with Crippen LogP contribution in [0.4, 0.5) is 10.1 Å². The van der Waals surface area contributed by atoms with E-state index in [-0.39, 0.29) is 6.61 Å². The molecule has 0 bridgehead atoms. The molecule has 0 aliphatic rings. The predicted molar refractivity (Wildman–Crippen MR) is 65.7 cm³/mol. The largest absolute Gasteiger partial charge is 0.396 e. The Kier molecular flexibility index (Phi) is 5.67. The van der Waals surface area contributed by atoms with Gasteiger partial charge < -0.3 is 5.11 Å². The van der Waals surface area contributed by atoms with Crippen LogP contribution in [0.1, 0.15) is 18.9 Å². The molecule has 18 heavy (non-hydrogen) atoms. The molecule has 6 heteroatoms. The minimum absolute atomic E-state index is 0.116. The van der Waals surface area contributed by atoms with E-state index in [4.69, 9.17) is 5.11 Å². The highest BCUT2D eigenvalue weighted by molar-refractivity contribution is 5.34. The third kappa shape index (κ3) is 4.05. The van der Waals surface area contributed by atoms with Gasteiger partial charge in [0.05, 0.1) is 4.92 Å². The zero-order valence-corrected chi connectivity index (χ0v) is 10.3. The van der Waals surface area contributed by atoms with Crippen LogP contribution in [0.25, 0.3) is 0 Å². The number of rotatable bonds is 7. The van der Waals surface area contributed by atoms with E-state index in [1.165, 1.54) is 12.1 Å². The van der Waals surface area contributed by atoms with Crippen LogP contribution in [0.2, 0.25) is 0 Å². The lowest BCUT2D eigenvalue weighted by molar-refractivity contribution is -0.387. The number of aliphatic hydroxyl groups is 1. The zero-order valence-electron chi connectivity index (χ0n) is 10.3. The lowest BCUT2D eigenvalue weighted by Crippen LogP contribution is -2.24. The Morgan fingerprint density at radius 1 is 1.50 bits per heavy atom. The van der Waals surface area contributed by atoms with Crippen LogP contribution < -0.4 is 0 Å². The summed E-state index contributed by atoms with van der Waals surface area (Å²) in [5.74, 6) is -0.810. The van der Waals surface area contributed by atoms with Crippen LogP contribution >= 0.6 is 0 Å². The lowest BCUT2D eigenvalue weighted by atomic mass is 10.2. The molecule has 0 saturated carbocycles. The zero-order chi connectivity index (χ0) is 13.5. The van der Waals surface area contributed by atoms with Crippen molar-refractivity contribution in [3.8, 4) is 0 Å². The van der Waals surface area contributed by atoms with E-state index in [9.17, 15) is 14.5 Å². The summed E-state index contributed by atoms with van der Waals surface area (Å²) >= 11 is 0. The summed E-state index contributed by atoms with van der Waals surface area (Å²) in [6, 6.07) is 3.94. The normalized spacial score (nSPS) is 10.9. The third-order valence-corrected chi connectivity index (χ3v) is 2.69. The first-order valence-electron chi connectivity index (χ1n) is 5.84. The molecule has 0 saturated heterocycles. The number of nitro groups is 1. The Morgan fingerprint density at radius 3 is 2.72 bits per heavy atom. The van der Waals surface area contributed by atoms with Crippen molar-refractivity contribution in [2.75, 3.05) is 19.7 Å². The van der Waals surface area contributed by atoms with E-state index in [0.717, 1.165) is 6.54 Å². The van der Waals surface area contributed by atoms with E-state index in [1.807, 2.05) is 11.8 Å². The van der Waals surface area contributed by atoms with Gasteiger partial charge in [0.25, 0.3) is 0 Å². The maximum Gasteiger partial charge on any atom is 0.304 e. The monoisotopic (exact) mass is 256 g/mol. The van der Waals surface area contributed by atoms with Gasteiger partial charge in [0.2, 0.25) is 5.82 Å². The van der Waals surface area contributed by atoms with Crippen molar-refractivity contribution in [1.82, 2.24) is 4.90 Å². The summed E-state index contributed by atoms with van der Waals surface area (Å²) in [5, 5.41) is 19.2. The van der Waals surface area contributed by atoms with Crippen LogP contribution in [0.3, 0.4) is 0 Å². The maximum absolute atomic E-state index is 13.4. The van der Waals surface area contributed by atoms with Gasteiger partial charge in [0.1, 0.15) is 0 Å². The average Bonchev–Trinajstić information content (AvgIpc) is 2.34. The molecule has 0 aliphatic carbocycles. The van der Waals surface area contributed by atoms with E-state index in [2.05, 4.69) is 0 Å². The van der Waals surface area contributed by atoms with Crippen LogP contribution in [0.5, 0.6) is 0 Å². The van der Waals surface area contributed by atoms with Gasteiger partial charge in [-0.15, -0.1) is 0 Å². The first-order valence-corrected chi connectivity index (χ1v) is 5.84. The number of aliphatic hydroxyl groups excluding tert-OH is 1. The standard InChI is InChI=1S/C12H17FN2O3/c1-2-14(6-3-7-16)9-10-4-5-12(15(17)18)11(13)8-10/h4-5,8,16H,2-3,6-7,9H2,1H3. The highest BCUT2D eigenvalue weighted by atomic mass is 19.1. The second-order valence-corrected chi connectivity index (χ2v) is 3.99. The number of hydrogen-bond acceptors (Lipinski definition) is 4. The molecule has 0 amide bonds. The molecule has 0 radical (unpaired) electrons. The third-order valence-electron chi connectivity index (χ3n) is 2.69. The molecule has 0 heterocycles. The highest BCUT2D eigenvalue weighted by Gasteiger charge is 2.14. The first-order chi connectivity index (χ1) is 8.58. The second-order valence-electron chi connectivity index (χ2n) is 3.99. The lowest BCUT2D eigenvalue weighted by Gasteiger charge is -2.19. The Balaban J connectivity index is 2.72. The molecule has 0 aliphatic heterocycles. The van der Waals surface area contributed by atoms with Crippen molar-refractivity contribution >= 4 is 5.69 Å². The van der Waals surface area contributed by atoms with E-state index in [1.54, 1.807) is 6.07 Å². The molecular formula is C12H17FN2O3. The number of hydrogen-bond donors (Lipinski definition) is 1. The molecule has 0 atom stereocenters. The van der Waals surface area contributed by atoms with Gasteiger partial charge in [-0.2, -0.15) is 4.39 Å². The highest BCUT2D eigenvalue weighted by Crippen LogP contribution is 2.18. The van der Waals surface area contributed by atoms with Gasteiger partial charge >= 0.3 is 5.69 Å². The fraction of sp³-hybridized carbons (Fsp3) is 0.500. The van der Waals surface area contributed by atoms with E-state index in [0.29, 0.717) is 25.1 Å². The van der Waals surface area contributed by atoms with Crippen LogP contribution in [-0.4, -0.2) is 34.6 Å². The second kappa shape index (κ2) is 7.03. The molecule has 0 aromatic heterocycles. The Labute approximate surface area is 105 Å². The summed E-state index contributed by atoms with van der Waals surface area (Å²) in [5.41, 5.74) is 0.190. The Bertz CT molecular complexity index is 412. The maximum atomic E-state index is 13.4. The number of benzene rings is 1. The summed E-state index contributed by atoms with van der Waals surface area (Å²) < 4.78 is 13.4. The van der Waals surface area contributed by atoms with Crippen molar-refractivity contribution < 1.29 is 14.4 Å². The predicted octanol–water partition coefficient (Wildman–Crippen LogP) is 1.94. The van der Waals surface area contributed by atoms with Crippen molar-refractivity contribution in [2.24, 2.45) is 0 Å². The molecule has 1 N–H and O–H groups in total. The molecule has 0 fully saturated rings. The summed E-state index contributed by atoms with van der Waals surface area (Å²) in [7, 11) is 0. The fourth-order valence-corrected chi connectivity index (χ4v) is 1.70. The van der Waals surface area contributed by atoms with Crippen molar-refractivity contribution in [2.45, 2.75) is 19.9 Å². The SMILES string of the molecule is CCN(CCCO)Cc1ccc([N+](=O)[O-])c(F)c1. The van der Waals surface area contributed by atoms with Gasteiger partial charge in [-0.1, -0.05) is 13.0 Å². The number of nitrogens with zero attached hydrogens (tertiary/aromatic N) is 2. The number of nitro benzene ring substituents is 1. The molecule has 1 aromatic carbocycles. The Morgan fingerprint density at radius 2 is 2.22 bits per heavy atom. The topological polar surface area (TPSA) is 66.6 Å². The van der Waals surface area contributed by atoms with Gasteiger partial charge in [-0.05, 0) is 24.6 Å². The minimum Gasteiger partial charge on any atom is -0.396 e. The molecule has 5 nitrogen and oxygen atoms in total. The van der Waals surface area contributed by atoms with E-state index < -0.39 is 16.4 Å². The van der Waals surface area contributed by atoms with Crippen LogP contribution in [0, 0.1) is 15.9 Å². The Hall–Kier alpha value is -1.53. The van der Waals surface area contributed by atoms with Crippen LogP contribution in [-0.2, 0) is 6.54 Å². The molecule has 100 valence electrons. The summed E-state index contributed by atoms with van der Waals surface area (Å²) in [4.78, 5) is 11.8. The molecule has 1 aromatic rings. The van der Waals surface area contributed by atoms with Gasteiger partial charge in [-0.25, -0.2) is 0 Å². The molecule has 1 rings (SSSR count). The first kappa shape index (κ1) is 14.5. The van der Waals surface area contributed by atoms with Gasteiger partial charge in [-0.3, -0.25) is 15.0 Å². The van der Waals surface area contributed by atoms with Gasteiger partial charge in [0, 0.05) is 25.8 Å². The van der Waals surface area contributed by atoms with Gasteiger partial charge in [0.15, 0.2) is 0 Å². The number of halogens is 1. The molecule has 0 spiro atoms. The minimum atomic E-state index is -0.810. The quantitative estimate of drug-likeness (QED) is 0.598. The van der Waals surface area contributed by atoms with E-state index >= 15 is 0 Å². The average molecular weight is 256 g/mol. The smallest absolute Gasteiger partial charge is 0.304 e. The van der Waals surface area contributed by atoms with Crippen molar-refractivity contribution in [3.05, 3.63) is 39.7 Å². The fourth-order valence-electron chi connectivity index (χ4n) is 1.70.